The van der Waals surface area contributed by atoms with E-state index in [2.05, 4.69) is 44.2 Å². The molecule has 1 aromatic heterocycles. The lowest BCUT2D eigenvalue weighted by Crippen LogP contribution is -2.43. The summed E-state index contributed by atoms with van der Waals surface area (Å²) in [6.07, 6.45) is 3.14. The Kier molecular flexibility index (Phi) is 6.61. The number of aromatic nitrogens is 1. The molecule has 0 aliphatic heterocycles. The third kappa shape index (κ3) is 5.66. The van der Waals surface area contributed by atoms with E-state index in [0.29, 0.717) is 5.56 Å². The quantitative estimate of drug-likeness (QED) is 0.688. The number of hydrogen-bond acceptors (Lipinski definition) is 4. The van der Waals surface area contributed by atoms with Crippen LogP contribution >= 0.6 is 0 Å². The summed E-state index contributed by atoms with van der Waals surface area (Å²) in [5.41, 5.74) is 1.13. The molecule has 0 aliphatic rings. The third-order valence-electron chi connectivity index (χ3n) is 5.07. The van der Waals surface area contributed by atoms with E-state index >= 15 is 0 Å². The van der Waals surface area contributed by atoms with Gasteiger partial charge in [0.25, 0.3) is 5.91 Å². The van der Waals surface area contributed by atoms with Crippen molar-refractivity contribution in [3.05, 3.63) is 59.9 Å². The fourth-order valence-electron chi connectivity index (χ4n) is 2.32. The molecule has 2 rings (SSSR count). The molecule has 1 atom stereocenters. The van der Waals surface area contributed by atoms with Crippen LogP contribution in [0.25, 0.3) is 0 Å². The van der Waals surface area contributed by atoms with E-state index in [9.17, 15) is 14.7 Å². The minimum absolute atomic E-state index is 0.0939. The van der Waals surface area contributed by atoms with Gasteiger partial charge in [0.05, 0.1) is 5.56 Å². The topological polar surface area (TPSA) is 88.5 Å². The first kappa shape index (κ1) is 21.6. The summed E-state index contributed by atoms with van der Waals surface area (Å²) in [4.78, 5) is 27.7. The van der Waals surface area contributed by atoms with Crippen molar-refractivity contribution >= 4 is 20.2 Å². The number of aliphatic carboxylic acids is 1. The molecule has 0 radical (unpaired) electrons. The van der Waals surface area contributed by atoms with Crippen molar-refractivity contribution in [3.8, 4) is 5.75 Å². The molecule has 6 nitrogen and oxygen atoms in total. The van der Waals surface area contributed by atoms with E-state index < -0.39 is 26.2 Å². The minimum atomic E-state index is -1.93. The molecular weight excluding hydrogens is 372 g/mol. The summed E-state index contributed by atoms with van der Waals surface area (Å²) in [5.74, 6) is -0.765. The number of carbonyl (C=O) groups excluding carboxylic acids is 1. The van der Waals surface area contributed by atoms with Crippen molar-refractivity contribution in [1.82, 2.24) is 10.3 Å². The number of nitrogens with one attached hydrogen (secondary N) is 1. The Morgan fingerprint density at radius 1 is 1.18 bits per heavy atom. The van der Waals surface area contributed by atoms with Crippen LogP contribution in [-0.2, 0) is 11.2 Å². The molecule has 1 amide bonds. The van der Waals surface area contributed by atoms with Crippen molar-refractivity contribution < 1.29 is 19.1 Å². The number of pyridine rings is 1. The molecule has 1 aromatic carbocycles. The highest BCUT2D eigenvalue weighted by Crippen LogP contribution is 2.37. The second-order valence-electron chi connectivity index (χ2n) is 8.32. The zero-order chi connectivity index (χ0) is 20.9. The first-order valence-electron chi connectivity index (χ1n) is 9.21. The summed E-state index contributed by atoms with van der Waals surface area (Å²) in [5, 5.41) is 12.1. The molecule has 7 heteroatoms. The zero-order valence-corrected chi connectivity index (χ0v) is 18.0. The van der Waals surface area contributed by atoms with Gasteiger partial charge in [-0.05, 0) is 48.0 Å². The number of amides is 1. The Morgan fingerprint density at radius 2 is 1.82 bits per heavy atom. The molecule has 0 saturated carbocycles. The summed E-state index contributed by atoms with van der Waals surface area (Å²) in [6, 6.07) is 9.60. The van der Waals surface area contributed by atoms with E-state index in [1.54, 1.807) is 18.3 Å². The molecule has 28 heavy (non-hydrogen) atoms. The van der Waals surface area contributed by atoms with Crippen molar-refractivity contribution in [2.24, 2.45) is 0 Å². The largest absolute Gasteiger partial charge is 0.544 e. The van der Waals surface area contributed by atoms with Crippen molar-refractivity contribution in [3.63, 3.8) is 0 Å². The lowest BCUT2D eigenvalue weighted by Gasteiger charge is -2.36. The maximum Gasteiger partial charge on any atom is 0.326 e. The van der Waals surface area contributed by atoms with Gasteiger partial charge in [0, 0.05) is 18.8 Å². The fraction of sp³-hybridized carbons (Fsp3) is 0.381. The first-order chi connectivity index (χ1) is 13.0. The molecule has 0 saturated heterocycles. The standard InChI is InChI=1S/C21H28N2O4Si/c1-21(2,3)28(4,5)27-17-10-8-15(9-11-17)13-18(20(25)26)23-19(24)16-7-6-12-22-14-16/h6-12,14,18H,13H2,1-5H3,(H,23,24)(H,25,26). The van der Waals surface area contributed by atoms with Gasteiger partial charge in [-0.15, -0.1) is 0 Å². The molecule has 1 unspecified atom stereocenters. The van der Waals surface area contributed by atoms with Gasteiger partial charge in [-0.3, -0.25) is 9.78 Å². The molecule has 0 spiro atoms. The summed E-state index contributed by atoms with van der Waals surface area (Å²) in [7, 11) is -1.93. The number of hydrogen-bond donors (Lipinski definition) is 2. The highest BCUT2D eigenvalue weighted by Gasteiger charge is 2.38. The maximum absolute atomic E-state index is 12.2. The predicted molar refractivity (Wildman–Crippen MR) is 111 cm³/mol. The third-order valence-corrected chi connectivity index (χ3v) is 9.43. The number of carboxylic acid groups (broad SMARTS) is 1. The highest BCUT2D eigenvalue weighted by molar-refractivity contribution is 6.74. The monoisotopic (exact) mass is 400 g/mol. The van der Waals surface area contributed by atoms with Crippen LogP contribution in [0.15, 0.2) is 48.8 Å². The Bertz CT molecular complexity index is 815. The van der Waals surface area contributed by atoms with Crippen molar-refractivity contribution in [1.29, 1.82) is 0 Å². The normalized spacial score (nSPS) is 12.9. The van der Waals surface area contributed by atoms with Crippen LogP contribution in [0.1, 0.15) is 36.7 Å². The Balaban J connectivity index is 2.06. The number of nitrogens with zero attached hydrogens (tertiary/aromatic N) is 1. The lowest BCUT2D eigenvalue weighted by molar-refractivity contribution is -0.139. The Hall–Kier alpha value is -2.67. The van der Waals surface area contributed by atoms with Gasteiger partial charge in [-0.1, -0.05) is 32.9 Å². The van der Waals surface area contributed by atoms with Gasteiger partial charge in [0.2, 0.25) is 8.32 Å². The van der Waals surface area contributed by atoms with Gasteiger partial charge in [-0.2, -0.15) is 0 Å². The molecule has 1 heterocycles. The van der Waals surface area contributed by atoms with Crippen LogP contribution in [0.3, 0.4) is 0 Å². The summed E-state index contributed by atoms with van der Waals surface area (Å²) >= 11 is 0. The molecule has 2 N–H and O–H groups in total. The van der Waals surface area contributed by atoms with Gasteiger partial charge in [0.15, 0.2) is 0 Å². The highest BCUT2D eigenvalue weighted by atomic mass is 28.4. The number of rotatable bonds is 7. The van der Waals surface area contributed by atoms with Gasteiger partial charge in [-0.25, -0.2) is 4.79 Å². The first-order valence-corrected chi connectivity index (χ1v) is 12.1. The van der Waals surface area contributed by atoms with Gasteiger partial charge >= 0.3 is 5.97 Å². The molecule has 150 valence electrons. The van der Waals surface area contributed by atoms with Crippen LogP contribution in [0.2, 0.25) is 18.1 Å². The van der Waals surface area contributed by atoms with Crippen molar-refractivity contribution in [2.75, 3.05) is 0 Å². The number of carboxylic acids is 1. The summed E-state index contributed by atoms with van der Waals surface area (Å²) in [6.45, 7) is 10.9. The van der Waals surface area contributed by atoms with Crippen LogP contribution in [0.4, 0.5) is 0 Å². The van der Waals surface area contributed by atoms with Crippen LogP contribution in [-0.4, -0.2) is 36.3 Å². The van der Waals surface area contributed by atoms with E-state index in [4.69, 9.17) is 4.43 Å². The SMILES string of the molecule is CC(C)(C)[Si](C)(C)Oc1ccc(CC(NC(=O)c2cccnc2)C(=O)O)cc1. The van der Waals surface area contributed by atoms with Gasteiger partial charge in [0.1, 0.15) is 11.8 Å². The Morgan fingerprint density at radius 3 is 2.32 bits per heavy atom. The Labute approximate surface area is 167 Å². The average molecular weight is 401 g/mol. The van der Waals surface area contributed by atoms with E-state index in [0.717, 1.165) is 11.3 Å². The van der Waals surface area contributed by atoms with E-state index in [-0.39, 0.29) is 11.5 Å². The van der Waals surface area contributed by atoms with Crippen LogP contribution < -0.4 is 9.74 Å². The number of benzene rings is 1. The number of carbonyl (C=O) groups is 2. The maximum atomic E-state index is 12.2. The van der Waals surface area contributed by atoms with Gasteiger partial charge < -0.3 is 14.8 Å². The van der Waals surface area contributed by atoms with E-state index in [1.165, 1.54) is 6.20 Å². The molecule has 0 fully saturated rings. The molecule has 0 bridgehead atoms. The lowest BCUT2D eigenvalue weighted by atomic mass is 10.1. The van der Waals surface area contributed by atoms with Crippen LogP contribution in [0, 0.1) is 0 Å². The smallest absolute Gasteiger partial charge is 0.326 e. The fourth-order valence-corrected chi connectivity index (χ4v) is 3.35. The molecular formula is C21H28N2O4Si. The summed E-state index contributed by atoms with van der Waals surface area (Å²) < 4.78 is 6.24. The predicted octanol–water partition coefficient (Wildman–Crippen LogP) is 3.89. The molecule has 0 aliphatic carbocycles. The van der Waals surface area contributed by atoms with E-state index in [1.807, 2.05) is 24.3 Å². The average Bonchev–Trinajstić information content (AvgIpc) is 2.62. The second kappa shape index (κ2) is 8.56. The minimum Gasteiger partial charge on any atom is -0.544 e. The second-order valence-corrected chi connectivity index (χ2v) is 13.0. The zero-order valence-electron chi connectivity index (χ0n) is 17.0. The van der Waals surface area contributed by atoms with Crippen LogP contribution in [0.5, 0.6) is 5.75 Å². The van der Waals surface area contributed by atoms with Crippen molar-refractivity contribution in [2.45, 2.75) is 51.4 Å². The molecule has 2 aromatic rings.